The van der Waals surface area contributed by atoms with E-state index < -0.39 is 0 Å². The summed E-state index contributed by atoms with van der Waals surface area (Å²) in [7, 11) is 0. The summed E-state index contributed by atoms with van der Waals surface area (Å²) in [6.07, 6.45) is 2.92. The fraction of sp³-hybridized carbons (Fsp3) is 0.900. The molecule has 4 nitrogen and oxygen atoms in total. The second kappa shape index (κ2) is 5.98. The number of nitrogens with zero attached hydrogens (tertiary/aromatic N) is 1. The van der Waals surface area contributed by atoms with Crippen molar-refractivity contribution in [1.29, 1.82) is 0 Å². The first-order chi connectivity index (χ1) is 6.72. The third kappa shape index (κ3) is 4.07. The van der Waals surface area contributed by atoms with E-state index in [4.69, 9.17) is 5.11 Å². The molecule has 1 aliphatic rings. The van der Waals surface area contributed by atoms with Crippen LogP contribution < -0.4 is 5.32 Å². The minimum absolute atomic E-state index is 0.0683. The standard InChI is InChI=1S/C10H20N2O2/c1-9(14)11-10-3-6-12(7-4-10)5-2-8-13/h10,13H,2-8H2,1H3,(H,11,14). The summed E-state index contributed by atoms with van der Waals surface area (Å²) in [4.78, 5) is 13.1. The molecule has 0 aromatic heterocycles. The van der Waals surface area contributed by atoms with E-state index in [1.807, 2.05) is 0 Å². The number of hydrogen-bond acceptors (Lipinski definition) is 3. The number of carbonyl (C=O) groups is 1. The Morgan fingerprint density at radius 2 is 2.14 bits per heavy atom. The highest BCUT2D eigenvalue weighted by Gasteiger charge is 2.18. The average Bonchev–Trinajstić information content (AvgIpc) is 2.16. The van der Waals surface area contributed by atoms with Crippen LogP contribution in [0.3, 0.4) is 0 Å². The van der Waals surface area contributed by atoms with Gasteiger partial charge in [0.25, 0.3) is 0 Å². The lowest BCUT2D eigenvalue weighted by atomic mass is 10.0. The van der Waals surface area contributed by atoms with E-state index in [1.165, 1.54) is 0 Å². The average molecular weight is 200 g/mol. The van der Waals surface area contributed by atoms with Gasteiger partial charge in [-0.2, -0.15) is 0 Å². The van der Waals surface area contributed by atoms with Crippen LogP contribution in [0.2, 0.25) is 0 Å². The predicted molar refractivity (Wildman–Crippen MR) is 55.0 cm³/mol. The molecule has 1 saturated heterocycles. The minimum Gasteiger partial charge on any atom is -0.396 e. The number of nitrogens with one attached hydrogen (secondary N) is 1. The second-order valence-electron chi connectivity index (χ2n) is 3.89. The molecular weight excluding hydrogens is 180 g/mol. The number of likely N-dealkylation sites (tertiary alicyclic amines) is 1. The summed E-state index contributed by atoms with van der Waals surface area (Å²) < 4.78 is 0. The maximum atomic E-state index is 10.8. The Hall–Kier alpha value is -0.610. The van der Waals surface area contributed by atoms with Gasteiger partial charge in [-0.05, 0) is 19.3 Å². The molecule has 0 bridgehead atoms. The molecule has 1 amide bonds. The van der Waals surface area contributed by atoms with Crippen LogP contribution >= 0.6 is 0 Å². The van der Waals surface area contributed by atoms with E-state index in [1.54, 1.807) is 6.92 Å². The van der Waals surface area contributed by atoms with E-state index in [0.717, 1.165) is 38.9 Å². The van der Waals surface area contributed by atoms with Crippen molar-refractivity contribution in [2.24, 2.45) is 0 Å². The van der Waals surface area contributed by atoms with E-state index in [9.17, 15) is 4.79 Å². The number of rotatable bonds is 4. The monoisotopic (exact) mass is 200 g/mol. The van der Waals surface area contributed by atoms with Gasteiger partial charge in [0.05, 0.1) is 0 Å². The Bertz CT molecular complexity index is 177. The number of carbonyl (C=O) groups excluding carboxylic acids is 1. The van der Waals surface area contributed by atoms with Gasteiger partial charge in [0.1, 0.15) is 0 Å². The molecule has 0 radical (unpaired) electrons. The van der Waals surface area contributed by atoms with Crippen LogP contribution in [-0.4, -0.2) is 48.2 Å². The van der Waals surface area contributed by atoms with Gasteiger partial charge >= 0.3 is 0 Å². The smallest absolute Gasteiger partial charge is 0.217 e. The van der Waals surface area contributed by atoms with Crippen molar-refractivity contribution in [3.63, 3.8) is 0 Å². The van der Waals surface area contributed by atoms with Gasteiger partial charge < -0.3 is 15.3 Å². The van der Waals surface area contributed by atoms with Gasteiger partial charge in [-0.1, -0.05) is 0 Å². The summed E-state index contributed by atoms with van der Waals surface area (Å²) in [5.41, 5.74) is 0. The Morgan fingerprint density at radius 3 is 2.64 bits per heavy atom. The molecule has 1 heterocycles. The van der Waals surface area contributed by atoms with Gasteiger partial charge in [-0.25, -0.2) is 0 Å². The molecule has 1 aliphatic heterocycles. The van der Waals surface area contributed by atoms with E-state index in [0.29, 0.717) is 6.04 Å². The van der Waals surface area contributed by atoms with Crippen LogP contribution in [0.1, 0.15) is 26.2 Å². The first-order valence-electron chi connectivity index (χ1n) is 5.32. The summed E-state index contributed by atoms with van der Waals surface area (Å²) in [6.45, 7) is 4.88. The van der Waals surface area contributed by atoms with Crippen LogP contribution in [0.25, 0.3) is 0 Å². The summed E-state index contributed by atoms with van der Waals surface area (Å²) in [6, 6.07) is 0.359. The quantitative estimate of drug-likeness (QED) is 0.670. The summed E-state index contributed by atoms with van der Waals surface area (Å²) in [5, 5.41) is 11.6. The third-order valence-corrected chi connectivity index (χ3v) is 2.63. The largest absolute Gasteiger partial charge is 0.396 e. The number of amides is 1. The van der Waals surface area contributed by atoms with E-state index in [2.05, 4.69) is 10.2 Å². The minimum atomic E-state index is 0.0683. The van der Waals surface area contributed by atoms with Crippen molar-refractivity contribution in [3.8, 4) is 0 Å². The molecule has 0 spiro atoms. The second-order valence-corrected chi connectivity index (χ2v) is 3.89. The van der Waals surface area contributed by atoms with Gasteiger partial charge in [-0.3, -0.25) is 4.79 Å². The molecule has 0 aromatic rings. The van der Waals surface area contributed by atoms with E-state index in [-0.39, 0.29) is 12.5 Å². The van der Waals surface area contributed by atoms with Crippen LogP contribution in [0.15, 0.2) is 0 Å². The van der Waals surface area contributed by atoms with Crippen molar-refractivity contribution in [1.82, 2.24) is 10.2 Å². The van der Waals surface area contributed by atoms with Crippen molar-refractivity contribution in [2.45, 2.75) is 32.2 Å². The Morgan fingerprint density at radius 1 is 1.50 bits per heavy atom. The lowest BCUT2D eigenvalue weighted by Crippen LogP contribution is -2.44. The number of aliphatic hydroxyl groups excluding tert-OH is 1. The zero-order valence-corrected chi connectivity index (χ0v) is 8.83. The topological polar surface area (TPSA) is 52.6 Å². The van der Waals surface area contributed by atoms with Gasteiger partial charge in [-0.15, -0.1) is 0 Å². The molecule has 82 valence electrons. The molecule has 0 atom stereocenters. The lowest BCUT2D eigenvalue weighted by molar-refractivity contribution is -0.119. The highest BCUT2D eigenvalue weighted by atomic mass is 16.3. The SMILES string of the molecule is CC(=O)NC1CCN(CCCO)CC1. The Labute approximate surface area is 85.3 Å². The molecule has 0 aromatic carbocycles. The number of piperidine rings is 1. The van der Waals surface area contributed by atoms with Gasteiger partial charge in [0, 0.05) is 39.2 Å². The zero-order chi connectivity index (χ0) is 10.4. The van der Waals surface area contributed by atoms with Crippen LogP contribution in [0.4, 0.5) is 0 Å². The molecule has 0 unspecified atom stereocenters. The summed E-state index contributed by atoms with van der Waals surface area (Å²) >= 11 is 0. The highest BCUT2D eigenvalue weighted by molar-refractivity contribution is 5.73. The molecule has 1 fully saturated rings. The normalized spacial score (nSPS) is 19.6. The molecule has 0 saturated carbocycles. The fourth-order valence-corrected chi connectivity index (χ4v) is 1.88. The van der Waals surface area contributed by atoms with Crippen molar-refractivity contribution in [2.75, 3.05) is 26.2 Å². The van der Waals surface area contributed by atoms with Gasteiger partial charge in [0.15, 0.2) is 0 Å². The molecule has 0 aliphatic carbocycles. The lowest BCUT2D eigenvalue weighted by Gasteiger charge is -2.31. The molecule has 4 heteroatoms. The zero-order valence-electron chi connectivity index (χ0n) is 8.83. The van der Waals surface area contributed by atoms with Crippen LogP contribution in [0, 0.1) is 0 Å². The maximum absolute atomic E-state index is 10.8. The van der Waals surface area contributed by atoms with Crippen molar-refractivity contribution < 1.29 is 9.90 Å². The van der Waals surface area contributed by atoms with Crippen LogP contribution in [-0.2, 0) is 4.79 Å². The summed E-state index contributed by atoms with van der Waals surface area (Å²) in [5.74, 6) is 0.0683. The Balaban J connectivity index is 2.14. The Kier molecular flexibility index (Phi) is 4.90. The van der Waals surface area contributed by atoms with Gasteiger partial charge in [0.2, 0.25) is 5.91 Å². The highest BCUT2D eigenvalue weighted by Crippen LogP contribution is 2.10. The number of hydrogen-bond donors (Lipinski definition) is 2. The first kappa shape index (κ1) is 11.5. The van der Waals surface area contributed by atoms with E-state index >= 15 is 0 Å². The van der Waals surface area contributed by atoms with Crippen molar-refractivity contribution >= 4 is 5.91 Å². The van der Waals surface area contributed by atoms with Crippen molar-refractivity contribution in [3.05, 3.63) is 0 Å². The molecular formula is C10H20N2O2. The first-order valence-corrected chi connectivity index (χ1v) is 5.32. The fourth-order valence-electron chi connectivity index (χ4n) is 1.88. The third-order valence-electron chi connectivity index (χ3n) is 2.63. The molecule has 1 rings (SSSR count). The number of aliphatic hydroxyl groups is 1. The maximum Gasteiger partial charge on any atom is 0.217 e. The molecule has 14 heavy (non-hydrogen) atoms. The predicted octanol–water partition coefficient (Wildman–Crippen LogP) is -0.0307. The van der Waals surface area contributed by atoms with Crippen LogP contribution in [0.5, 0.6) is 0 Å². The molecule has 2 N–H and O–H groups in total.